The number of aryl methyl sites for hydroxylation is 1. The maximum atomic E-state index is 12.1. The predicted molar refractivity (Wildman–Crippen MR) is 90.7 cm³/mol. The number of hydrogen-bond donors (Lipinski definition) is 0. The highest BCUT2D eigenvalue weighted by atomic mass is 32.2. The van der Waals surface area contributed by atoms with Crippen LogP contribution in [0.3, 0.4) is 0 Å². The minimum absolute atomic E-state index is 0.239. The van der Waals surface area contributed by atoms with Crippen molar-refractivity contribution < 1.29 is 12.6 Å². The van der Waals surface area contributed by atoms with E-state index in [0.29, 0.717) is 18.4 Å². The molecule has 0 aliphatic heterocycles. The van der Waals surface area contributed by atoms with E-state index in [9.17, 15) is 8.42 Å². The number of rotatable bonds is 6. The summed E-state index contributed by atoms with van der Waals surface area (Å²) in [6.07, 6.45) is 3.15. The van der Waals surface area contributed by atoms with Gasteiger partial charge in [0.1, 0.15) is 0 Å². The lowest BCUT2D eigenvalue weighted by atomic mass is 9.72. The van der Waals surface area contributed by atoms with E-state index in [2.05, 4.69) is 24.3 Å². The summed E-state index contributed by atoms with van der Waals surface area (Å²) in [6.45, 7) is 2.22. The Balaban J connectivity index is 1.46. The molecular formula is C19H22O3S. The summed E-state index contributed by atoms with van der Waals surface area (Å²) < 4.78 is 29.5. The van der Waals surface area contributed by atoms with Crippen LogP contribution in [-0.2, 0) is 20.7 Å². The first kappa shape index (κ1) is 16.2. The van der Waals surface area contributed by atoms with Crippen molar-refractivity contribution in [3.8, 4) is 0 Å². The molecule has 1 saturated carbocycles. The van der Waals surface area contributed by atoms with Crippen LogP contribution in [0.5, 0.6) is 0 Å². The van der Waals surface area contributed by atoms with Crippen LogP contribution in [0, 0.1) is 18.8 Å². The van der Waals surface area contributed by atoms with Crippen LogP contribution in [0.2, 0.25) is 0 Å². The van der Waals surface area contributed by atoms with Crippen molar-refractivity contribution in [1.29, 1.82) is 0 Å². The van der Waals surface area contributed by atoms with Gasteiger partial charge in [-0.15, -0.1) is 0 Å². The number of hydrogen-bond acceptors (Lipinski definition) is 3. The molecule has 2 aromatic rings. The lowest BCUT2D eigenvalue weighted by Crippen LogP contribution is -2.30. The molecule has 1 aliphatic rings. The average molecular weight is 330 g/mol. The van der Waals surface area contributed by atoms with Crippen molar-refractivity contribution >= 4 is 10.1 Å². The zero-order chi connectivity index (χ0) is 16.3. The highest BCUT2D eigenvalue weighted by Gasteiger charge is 2.30. The maximum absolute atomic E-state index is 12.1. The van der Waals surface area contributed by atoms with Crippen LogP contribution in [0.25, 0.3) is 0 Å². The van der Waals surface area contributed by atoms with Crippen molar-refractivity contribution in [2.45, 2.75) is 31.1 Å². The third kappa shape index (κ3) is 4.21. The average Bonchev–Trinajstić information content (AvgIpc) is 2.51. The third-order valence-corrected chi connectivity index (χ3v) is 5.76. The van der Waals surface area contributed by atoms with Crippen LogP contribution in [0.15, 0.2) is 59.5 Å². The summed E-state index contributed by atoms with van der Waals surface area (Å²) in [6, 6.07) is 17.2. The van der Waals surface area contributed by atoms with Gasteiger partial charge in [-0.25, -0.2) is 0 Å². The summed E-state index contributed by atoms with van der Waals surface area (Å²) in [5, 5.41) is 0. The van der Waals surface area contributed by atoms with Gasteiger partial charge in [0.15, 0.2) is 0 Å². The van der Waals surface area contributed by atoms with Crippen LogP contribution in [0.1, 0.15) is 24.0 Å². The molecule has 0 saturated heterocycles. The Morgan fingerprint density at radius 2 is 1.61 bits per heavy atom. The van der Waals surface area contributed by atoms with Crippen molar-refractivity contribution in [2.24, 2.45) is 11.8 Å². The fraction of sp³-hybridized carbons (Fsp3) is 0.368. The van der Waals surface area contributed by atoms with Gasteiger partial charge in [0.05, 0.1) is 11.5 Å². The van der Waals surface area contributed by atoms with E-state index in [1.165, 1.54) is 5.56 Å². The van der Waals surface area contributed by atoms with Crippen LogP contribution < -0.4 is 0 Å². The quantitative estimate of drug-likeness (QED) is 0.753. The molecule has 4 heteroatoms. The van der Waals surface area contributed by atoms with E-state index < -0.39 is 10.1 Å². The molecule has 0 radical (unpaired) electrons. The lowest BCUT2D eigenvalue weighted by Gasteiger charge is -2.35. The van der Waals surface area contributed by atoms with Crippen LogP contribution >= 0.6 is 0 Å². The smallest absolute Gasteiger partial charge is 0.266 e. The van der Waals surface area contributed by atoms with Crippen molar-refractivity contribution in [1.82, 2.24) is 0 Å². The second-order valence-electron chi connectivity index (χ2n) is 6.44. The Hall–Kier alpha value is -1.65. The predicted octanol–water partition coefficient (Wildman–Crippen LogP) is 3.97. The van der Waals surface area contributed by atoms with Gasteiger partial charge >= 0.3 is 0 Å². The highest BCUT2D eigenvalue weighted by molar-refractivity contribution is 7.86. The monoisotopic (exact) mass is 330 g/mol. The molecule has 0 amide bonds. The minimum atomic E-state index is -3.62. The second kappa shape index (κ2) is 6.85. The molecule has 3 rings (SSSR count). The first-order valence-corrected chi connectivity index (χ1v) is 9.44. The second-order valence-corrected chi connectivity index (χ2v) is 8.06. The van der Waals surface area contributed by atoms with Crippen LogP contribution in [-0.4, -0.2) is 15.0 Å². The molecular weight excluding hydrogens is 308 g/mol. The molecule has 0 spiro atoms. The van der Waals surface area contributed by atoms with E-state index >= 15 is 0 Å². The van der Waals surface area contributed by atoms with E-state index in [4.69, 9.17) is 4.18 Å². The fourth-order valence-corrected chi connectivity index (χ4v) is 4.06. The van der Waals surface area contributed by atoms with Gasteiger partial charge in [0, 0.05) is 0 Å². The Kier molecular flexibility index (Phi) is 4.83. The highest BCUT2D eigenvalue weighted by Crippen LogP contribution is 2.36. The normalized spacial score (nSPS) is 20.9. The summed E-state index contributed by atoms with van der Waals surface area (Å²) >= 11 is 0. The molecule has 0 heterocycles. The maximum Gasteiger partial charge on any atom is 0.296 e. The molecule has 0 N–H and O–H groups in total. The fourth-order valence-electron chi connectivity index (χ4n) is 3.08. The molecule has 23 heavy (non-hydrogen) atoms. The molecule has 1 fully saturated rings. The van der Waals surface area contributed by atoms with E-state index in [1.54, 1.807) is 24.3 Å². The Labute approximate surface area is 138 Å². The van der Waals surface area contributed by atoms with Gasteiger partial charge in [-0.3, -0.25) is 4.18 Å². The van der Waals surface area contributed by atoms with Crippen molar-refractivity contribution in [3.63, 3.8) is 0 Å². The number of benzene rings is 2. The summed E-state index contributed by atoms with van der Waals surface area (Å²) in [4.78, 5) is 0.239. The Bertz CT molecular complexity index is 730. The largest absolute Gasteiger partial charge is 0.296 e. The molecule has 0 atom stereocenters. The first-order valence-electron chi connectivity index (χ1n) is 8.03. The van der Waals surface area contributed by atoms with Gasteiger partial charge in [0.25, 0.3) is 10.1 Å². The Morgan fingerprint density at radius 3 is 2.26 bits per heavy atom. The summed E-state index contributed by atoms with van der Waals surface area (Å²) in [5.74, 6) is 0.997. The van der Waals surface area contributed by atoms with E-state index in [-0.39, 0.29) is 4.90 Å². The molecule has 0 unspecified atom stereocenters. The van der Waals surface area contributed by atoms with E-state index in [1.807, 2.05) is 13.0 Å². The van der Waals surface area contributed by atoms with E-state index in [0.717, 1.165) is 24.8 Å². The van der Waals surface area contributed by atoms with Gasteiger partial charge in [-0.05, 0) is 55.7 Å². The van der Waals surface area contributed by atoms with Crippen LogP contribution in [0.4, 0.5) is 0 Å². The molecule has 1 aliphatic carbocycles. The first-order chi connectivity index (χ1) is 11.0. The zero-order valence-electron chi connectivity index (χ0n) is 13.3. The van der Waals surface area contributed by atoms with Gasteiger partial charge < -0.3 is 0 Å². The zero-order valence-corrected chi connectivity index (χ0v) is 14.1. The standard InChI is InChI=1S/C19H22O3S/c1-15-7-9-19(10-8-15)23(20,21)22-14-18-12-17(13-18)11-16-5-3-2-4-6-16/h2-10,17-18H,11-14H2,1H3. The van der Waals surface area contributed by atoms with Gasteiger partial charge in [0.2, 0.25) is 0 Å². The topological polar surface area (TPSA) is 43.4 Å². The molecule has 122 valence electrons. The third-order valence-electron chi connectivity index (χ3n) is 4.47. The molecule has 3 nitrogen and oxygen atoms in total. The Morgan fingerprint density at radius 1 is 0.957 bits per heavy atom. The van der Waals surface area contributed by atoms with Crippen molar-refractivity contribution in [3.05, 3.63) is 65.7 Å². The van der Waals surface area contributed by atoms with Crippen molar-refractivity contribution in [2.75, 3.05) is 6.61 Å². The minimum Gasteiger partial charge on any atom is -0.266 e. The van der Waals surface area contributed by atoms with Gasteiger partial charge in [-0.2, -0.15) is 8.42 Å². The lowest BCUT2D eigenvalue weighted by molar-refractivity contribution is 0.123. The molecule has 2 aromatic carbocycles. The molecule has 0 aromatic heterocycles. The SMILES string of the molecule is Cc1ccc(S(=O)(=O)OCC2CC(Cc3ccccc3)C2)cc1. The molecule has 0 bridgehead atoms. The summed E-state index contributed by atoms with van der Waals surface area (Å²) in [7, 11) is -3.62. The van der Waals surface area contributed by atoms with Gasteiger partial charge in [-0.1, -0.05) is 48.0 Å². The summed E-state index contributed by atoms with van der Waals surface area (Å²) in [5.41, 5.74) is 2.39.